The minimum atomic E-state index is -3.36. The Bertz CT molecular complexity index is 1300. The molecule has 4 N–H and O–H groups in total. The molecule has 5 atom stereocenters. The van der Waals surface area contributed by atoms with Crippen LogP contribution in [0.25, 0.3) is 0 Å². The van der Waals surface area contributed by atoms with E-state index in [0.717, 1.165) is 25.7 Å². The molecule has 3 fully saturated rings. The number of hydrogen-bond donors (Lipinski definition) is 4. The number of nitrogens with zero attached hydrogens (tertiary/aromatic N) is 1. The minimum absolute atomic E-state index is 0.00194. The average molecular weight is 694 g/mol. The molecule has 272 valence electrons. The number of amides is 5. The smallest absolute Gasteiger partial charge is 0.315 e. The maximum absolute atomic E-state index is 14.4. The molecule has 3 rings (SSSR count). The highest BCUT2D eigenvalue weighted by Gasteiger charge is 2.51. The molecule has 0 aromatic heterocycles. The van der Waals surface area contributed by atoms with Crippen LogP contribution >= 0.6 is 0 Å². The summed E-state index contributed by atoms with van der Waals surface area (Å²) in [6.07, 6.45) is 8.28. The lowest BCUT2D eigenvalue weighted by Gasteiger charge is -2.43. The summed E-state index contributed by atoms with van der Waals surface area (Å²) in [5, 5.41) is 10.6. The molecule has 0 aromatic rings. The lowest BCUT2D eigenvalue weighted by molar-refractivity contribution is -0.143. The molecule has 2 heterocycles. The zero-order chi connectivity index (χ0) is 35.9. The van der Waals surface area contributed by atoms with Crippen molar-refractivity contribution in [3.8, 4) is 0 Å². The van der Waals surface area contributed by atoms with Crippen LogP contribution in [0, 0.1) is 17.3 Å². The molecule has 12 nitrogen and oxygen atoms in total. The first-order chi connectivity index (χ1) is 22.5. The zero-order valence-corrected chi connectivity index (χ0v) is 30.7. The number of carbonyl (C=O) groups is 5. The van der Waals surface area contributed by atoms with Gasteiger partial charge in [-0.1, -0.05) is 79.7 Å². The summed E-state index contributed by atoms with van der Waals surface area (Å²) in [7, 11) is -3.36. The Kier molecular flexibility index (Phi) is 13.7. The second-order valence-electron chi connectivity index (χ2n) is 15.4. The van der Waals surface area contributed by atoms with Gasteiger partial charge in [0.2, 0.25) is 17.6 Å². The number of urea groups is 1. The van der Waals surface area contributed by atoms with Gasteiger partial charge in [-0.05, 0) is 55.8 Å². The molecule has 0 bridgehead atoms. The number of unbranched alkanes of at least 4 members (excludes halogenated alkanes) is 1. The average Bonchev–Trinajstić information content (AvgIpc) is 3.63. The molecule has 0 spiro atoms. The van der Waals surface area contributed by atoms with Crippen molar-refractivity contribution in [2.24, 2.45) is 17.3 Å². The van der Waals surface area contributed by atoms with Crippen molar-refractivity contribution >= 4 is 39.4 Å². The molecule has 2 aliphatic heterocycles. The van der Waals surface area contributed by atoms with Gasteiger partial charge in [-0.3, -0.25) is 19.2 Å². The van der Waals surface area contributed by atoms with Crippen LogP contribution in [0.4, 0.5) is 4.79 Å². The van der Waals surface area contributed by atoms with E-state index in [9.17, 15) is 32.4 Å². The van der Waals surface area contributed by atoms with Crippen LogP contribution in [0.15, 0.2) is 12.7 Å². The fraction of sp³-hybridized carbons (Fsp3) is 0.800. The third kappa shape index (κ3) is 9.59. The number of nitrogens with one attached hydrogen (secondary N) is 4. The molecule has 1 saturated carbocycles. The summed E-state index contributed by atoms with van der Waals surface area (Å²) < 4.78 is 26.1. The van der Waals surface area contributed by atoms with Crippen LogP contribution in [-0.2, 0) is 29.0 Å². The van der Waals surface area contributed by atoms with Gasteiger partial charge in [-0.25, -0.2) is 13.2 Å². The van der Waals surface area contributed by atoms with E-state index in [1.807, 2.05) is 41.5 Å². The number of likely N-dealkylation sites (tertiary alicyclic amines) is 1. The quantitative estimate of drug-likeness (QED) is 0.160. The lowest BCUT2D eigenvalue weighted by Crippen LogP contribution is -2.65. The van der Waals surface area contributed by atoms with Crippen molar-refractivity contribution < 1.29 is 32.4 Å². The van der Waals surface area contributed by atoms with E-state index >= 15 is 0 Å². The standard InChI is InChI=1S/C35H59N5O7S/c1-8-10-15-25(28(41)31(43)36-19-9-2)37-30(42)26-21-24(23(3)4)22-40(26)32(44)29(34(5,6)7)38-33(45)39-35(17-12-11-13-18-35)27-16-14-20-48(27,46)47/h9,23-27,29H,2,8,10-22H2,1,3-7H3,(H,36,43)(H,37,42)(H2,38,39,45)/t24-,25+,26+,27+,29-/m1/s1. The Morgan fingerprint density at radius 2 is 1.69 bits per heavy atom. The first-order valence-corrected chi connectivity index (χ1v) is 19.5. The summed E-state index contributed by atoms with van der Waals surface area (Å²) in [5.41, 5.74) is -1.65. The summed E-state index contributed by atoms with van der Waals surface area (Å²) in [4.78, 5) is 69.1. The van der Waals surface area contributed by atoms with Gasteiger partial charge in [0, 0.05) is 13.1 Å². The number of rotatable bonds is 14. The summed E-state index contributed by atoms with van der Waals surface area (Å²) in [5.74, 6) is -2.22. The highest BCUT2D eigenvalue weighted by atomic mass is 32.2. The van der Waals surface area contributed by atoms with Gasteiger partial charge in [-0.2, -0.15) is 0 Å². The Labute approximate surface area is 287 Å². The van der Waals surface area contributed by atoms with Gasteiger partial charge in [0.1, 0.15) is 12.1 Å². The SMILES string of the molecule is C=CCNC(=O)C(=O)[C@H](CCCC)NC(=O)[C@@H]1C[C@@H](C(C)C)CN1C(=O)[C@@H](NC(=O)NC1([C@@H]2CCCS2(=O)=O)CCCCC1)C(C)(C)C. The maximum atomic E-state index is 14.4. The molecular formula is C35H59N5O7S. The van der Waals surface area contributed by atoms with Gasteiger partial charge >= 0.3 is 6.03 Å². The van der Waals surface area contributed by atoms with E-state index in [2.05, 4.69) is 27.8 Å². The topological polar surface area (TPSA) is 171 Å². The number of sulfone groups is 1. The van der Waals surface area contributed by atoms with Crippen molar-refractivity contribution in [1.82, 2.24) is 26.2 Å². The fourth-order valence-corrected chi connectivity index (χ4v) is 9.89. The van der Waals surface area contributed by atoms with Crippen molar-refractivity contribution in [1.29, 1.82) is 0 Å². The molecule has 13 heteroatoms. The van der Waals surface area contributed by atoms with Crippen molar-refractivity contribution in [2.45, 2.75) is 141 Å². The normalized spacial score (nSPS) is 24.7. The molecule has 48 heavy (non-hydrogen) atoms. The van der Waals surface area contributed by atoms with Crippen molar-refractivity contribution in [2.75, 3.05) is 18.8 Å². The van der Waals surface area contributed by atoms with Gasteiger partial charge in [0.15, 0.2) is 9.84 Å². The van der Waals surface area contributed by atoms with Crippen molar-refractivity contribution in [3.63, 3.8) is 0 Å². The Morgan fingerprint density at radius 3 is 2.23 bits per heavy atom. The van der Waals surface area contributed by atoms with E-state index in [4.69, 9.17) is 0 Å². The van der Waals surface area contributed by atoms with Gasteiger partial charge in [0.25, 0.3) is 5.91 Å². The van der Waals surface area contributed by atoms with Gasteiger partial charge in [0.05, 0.1) is 22.6 Å². The van der Waals surface area contributed by atoms with Crippen LogP contribution in [0.2, 0.25) is 0 Å². The summed E-state index contributed by atoms with van der Waals surface area (Å²) in [6.45, 7) is 15.5. The highest BCUT2D eigenvalue weighted by molar-refractivity contribution is 7.92. The lowest BCUT2D eigenvalue weighted by atomic mass is 9.78. The highest BCUT2D eigenvalue weighted by Crippen LogP contribution is 2.40. The minimum Gasteiger partial charge on any atom is -0.346 e. The second kappa shape index (κ2) is 16.6. The Hall–Kier alpha value is -2.96. The molecule has 0 unspecified atom stereocenters. The zero-order valence-electron chi connectivity index (χ0n) is 29.9. The predicted octanol–water partition coefficient (Wildman–Crippen LogP) is 3.40. The molecule has 0 radical (unpaired) electrons. The van der Waals surface area contributed by atoms with Crippen LogP contribution in [-0.4, -0.2) is 90.6 Å². The Morgan fingerprint density at radius 1 is 1.02 bits per heavy atom. The molecule has 0 aromatic carbocycles. The van der Waals surface area contributed by atoms with E-state index in [-0.39, 0.29) is 30.6 Å². The first kappa shape index (κ1) is 39.5. The van der Waals surface area contributed by atoms with E-state index in [1.165, 1.54) is 11.0 Å². The van der Waals surface area contributed by atoms with Gasteiger partial charge in [-0.15, -0.1) is 6.58 Å². The molecular weight excluding hydrogens is 634 g/mol. The fourth-order valence-electron chi connectivity index (χ4n) is 7.53. The largest absolute Gasteiger partial charge is 0.346 e. The van der Waals surface area contributed by atoms with E-state index < -0.39 is 73.7 Å². The van der Waals surface area contributed by atoms with Gasteiger partial charge < -0.3 is 26.2 Å². The number of ketones is 1. The first-order valence-electron chi connectivity index (χ1n) is 17.8. The molecule has 2 saturated heterocycles. The monoisotopic (exact) mass is 693 g/mol. The second-order valence-corrected chi connectivity index (χ2v) is 17.7. The van der Waals surface area contributed by atoms with Crippen LogP contribution in [0.1, 0.15) is 112 Å². The van der Waals surface area contributed by atoms with Crippen LogP contribution in [0.5, 0.6) is 0 Å². The number of Topliss-reactive ketones (excluding diaryl/α,β-unsaturated/α-hetero) is 1. The number of carbonyl (C=O) groups excluding carboxylic acids is 5. The number of hydrogen-bond acceptors (Lipinski definition) is 7. The third-order valence-electron chi connectivity index (χ3n) is 10.4. The maximum Gasteiger partial charge on any atom is 0.315 e. The predicted molar refractivity (Wildman–Crippen MR) is 186 cm³/mol. The third-order valence-corrected chi connectivity index (χ3v) is 12.8. The molecule has 1 aliphatic carbocycles. The van der Waals surface area contributed by atoms with E-state index in [1.54, 1.807) is 0 Å². The molecule has 3 aliphatic rings. The van der Waals surface area contributed by atoms with E-state index in [0.29, 0.717) is 45.1 Å². The summed E-state index contributed by atoms with van der Waals surface area (Å²) in [6, 6.07) is -3.57. The van der Waals surface area contributed by atoms with Crippen LogP contribution < -0.4 is 21.3 Å². The molecule has 5 amide bonds. The van der Waals surface area contributed by atoms with Crippen LogP contribution in [0.3, 0.4) is 0 Å². The Balaban J connectivity index is 1.85. The van der Waals surface area contributed by atoms with Crippen molar-refractivity contribution in [3.05, 3.63) is 12.7 Å². The summed E-state index contributed by atoms with van der Waals surface area (Å²) >= 11 is 0.